The summed E-state index contributed by atoms with van der Waals surface area (Å²) in [6, 6.07) is -0.0715. The van der Waals surface area contributed by atoms with E-state index >= 15 is 0 Å². The first-order valence-electron chi connectivity index (χ1n) is 3.57. The minimum atomic E-state index is -0.782. The highest BCUT2D eigenvalue weighted by Crippen LogP contribution is 2.31. The van der Waals surface area contributed by atoms with Crippen LogP contribution in [0.3, 0.4) is 0 Å². The van der Waals surface area contributed by atoms with Gasteiger partial charge in [-0.05, 0) is 28.1 Å². The van der Waals surface area contributed by atoms with Crippen molar-refractivity contribution in [3.8, 4) is 0 Å². The van der Waals surface area contributed by atoms with Crippen LogP contribution >= 0.6 is 15.9 Å². The van der Waals surface area contributed by atoms with Crippen LogP contribution in [0.4, 0.5) is 0 Å². The maximum atomic E-state index is 5.65. The lowest BCUT2D eigenvalue weighted by molar-refractivity contribution is -0.136. The van der Waals surface area contributed by atoms with Gasteiger partial charge in [-0.15, -0.1) is 0 Å². The average Bonchev–Trinajstić information content (AvgIpc) is 2.06. The molecule has 0 saturated carbocycles. The third-order valence-corrected chi connectivity index (χ3v) is 2.63. The van der Waals surface area contributed by atoms with Crippen molar-refractivity contribution in [1.29, 1.82) is 0 Å². The topological polar surface area (TPSA) is 44.5 Å². The van der Waals surface area contributed by atoms with Crippen molar-refractivity contribution < 1.29 is 9.47 Å². The van der Waals surface area contributed by atoms with E-state index in [0.29, 0.717) is 0 Å². The third kappa shape index (κ3) is 1.61. The first-order valence-corrected chi connectivity index (χ1v) is 4.37. The van der Waals surface area contributed by atoms with Crippen molar-refractivity contribution in [1.82, 2.24) is 0 Å². The van der Waals surface area contributed by atoms with Crippen LogP contribution < -0.4 is 5.73 Å². The number of nitrogens with two attached hydrogens (primary N) is 1. The van der Waals surface area contributed by atoms with Crippen LogP contribution in [0.1, 0.15) is 0 Å². The minimum absolute atomic E-state index is 0.0715. The van der Waals surface area contributed by atoms with Crippen molar-refractivity contribution in [2.75, 3.05) is 14.2 Å². The van der Waals surface area contributed by atoms with E-state index in [4.69, 9.17) is 15.2 Å². The fraction of sp³-hybridized carbons (Fsp3) is 0.500. The van der Waals surface area contributed by atoms with E-state index in [9.17, 15) is 0 Å². The molecule has 12 heavy (non-hydrogen) atoms. The molecule has 0 aromatic rings. The zero-order chi connectivity index (χ0) is 9.19. The summed E-state index contributed by atoms with van der Waals surface area (Å²) in [4.78, 5) is 0. The summed E-state index contributed by atoms with van der Waals surface area (Å²) < 4.78 is 11.2. The van der Waals surface area contributed by atoms with Crippen LogP contribution in [-0.4, -0.2) is 26.0 Å². The number of hydrogen-bond acceptors (Lipinski definition) is 3. The van der Waals surface area contributed by atoms with Gasteiger partial charge in [0.05, 0.1) is 4.48 Å². The van der Waals surface area contributed by atoms with Crippen molar-refractivity contribution in [2.45, 2.75) is 11.8 Å². The van der Waals surface area contributed by atoms with Crippen molar-refractivity contribution in [3.63, 3.8) is 0 Å². The fourth-order valence-electron chi connectivity index (χ4n) is 1.07. The molecular formula is C8H12BrNO2. The molecular weight excluding hydrogens is 222 g/mol. The summed E-state index contributed by atoms with van der Waals surface area (Å²) in [5.41, 5.74) is 5.65. The lowest BCUT2D eigenvalue weighted by atomic mass is 10.1. The van der Waals surface area contributed by atoms with Gasteiger partial charge >= 0.3 is 0 Å². The molecule has 0 saturated heterocycles. The number of halogens is 1. The van der Waals surface area contributed by atoms with Gasteiger partial charge in [-0.25, -0.2) is 0 Å². The van der Waals surface area contributed by atoms with Gasteiger partial charge in [0.15, 0.2) is 0 Å². The second-order valence-corrected chi connectivity index (χ2v) is 3.38. The zero-order valence-corrected chi connectivity index (χ0v) is 8.67. The molecule has 2 N–H and O–H groups in total. The largest absolute Gasteiger partial charge is 0.346 e. The molecule has 1 rings (SSSR count). The highest BCUT2D eigenvalue weighted by molar-refractivity contribution is 9.11. The highest BCUT2D eigenvalue weighted by Gasteiger charge is 2.32. The number of methoxy groups -OCH3 is 2. The predicted octanol–water partition coefficient (Wildman–Crippen LogP) is 1.15. The van der Waals surface area contributed by atoms with E-state index in [2.05, 4.69) is 15.9 Å². The molecule has 4 heteroatoms. The summed E-state index contributed by atoms with van der Waals surface area (Å²) in [7, 11) is 3.17. The number of hydrogen-bond donors (Lipinski definition) is 1. The first kappa shape index (κ1) is 9.92. The highest BCUT2D eigenvalue weighted by atomic mass is 79.9. The van der Waals surface area contributed by atoms with E-state index < -0.39 is 5.79 Å². The Hall–Kier alpha value is -0.160. The molecule has 0 aromatic heterocycles. The van der Waals surface area contributed by atoms with Crippen molar-refractivity contribution in [3.05, 3.63) is 22.7 Å². The Bertz CT molecular complexity index is 221. The van der Waals surface area contributed by atoms with Crippen LogP contribution in [0, 0.1) is 0 Å². The standard InChI is InChI=1S/C8H12BrNO2/c1-11-8(12-2)4-3-6(10)5-7(8)9/h3-6H,10H2,1-2H3. The second-order valence-electron chi connectivity index (χ2n) is 2.53. The molecule has 0 bridgehead atoms. The summed E-state index contributed by atoms with van der Waals surface area (Å²) in [6.45, 7) is 0. The van der Waals surface area contributed by atoms with Gasteiger partial charge in [0.1, 0.15) is 0 Å². The lowest BCUT2D eigenvalue weighted by Gasteiger charge is -2.30. The monoisotopic (exact) mass is 233 g/mol. The predicted molar refractivity (Wildman–Crippen MR) is 50.9 cm³/mol. The van der Waals surface area contributed by atoms with E-state index in [1.165, 1.54) is 0 Å². The van der Waals surface area contributed by atoms with Gasteiger partial charge in [-0.2, -0.15) is 0 Å². The Morgan fingerprint density at radius 3 is 2.50 bits per heavy atom. The van der Waals surface area contributed by atoms with Crippen LogP contribution in [0.15, 0.2) is 22.7 Å². The number of rotatable bonds is 2. The molecule has 3 nitrogen and oxygen atoms in total. The van der Waals surface area contributed by atoms with Gasteiger partial charge < -0.3 is 15.2 Å². The van der Waals surface area contributed by atoms with Gasteiger partial charge in [-0.3, -0.25) is 0 Å². The van der Waals surface area contributed by atoms with E-state index in [1.54, 1.807) is 20.3 Å². The molecule has 68 valence electrons. The first-order chi connectivity index (χ1) is 5.64. The molecule has 0 aliphatic heterocycles. The van der Waals surface area contributed by atoms with Gasteiger partial charge in [0.25, 0.3) is 0 Å². The SMILES string of the molecule is COC1(OC)C=CC(N)C=C1Br. The van der Waals surface area contributed by atoms with Gasteiger partial charge in [0.2, 0.25) is 5.79 Å². The van der Waals surface area contributed by atoms with Crippen molar-refractivity contribution >= 4 is 15.9 Å². The number of ether oxygens (including phenoxy) is 2. The maximum absolute atomic E-state index is 5.65. The Morgan fingerprint density at radius 2 is 2.08 bits per heavy atom. The molecule has 1 unspecified atom stereocenters. The molecule has 0 heterocycles. The van der Waals surface area contributed by atoms with Crippen LogP contribution in [0.5, 0.6) is 0 Å². The minimum Gasteiger partial charge on any atom is -0.346 e. The molecule has 0 spiro atoms. The molecule has 0 fully saturated rings. The smallest absolute Gasteiger partial charge is 0.221 e. The summed E-state index contributed by atoms with van der Waals surface area (Å²) in [6.07, 6.45) is 5.46. The van der Waals surface area contributed by atoms with E-state index in [1.807, 2.05) is 12.2 Å². The molecule has 0 aromatic carbocycles. The molecule has 1 atom stereocenters. The van der Waals surface area contributed by atoms with E-state index in [-0.39, 0.29) is 6.04 Å². The zero-order valence-electron chi connectivity index (χ0n) is 7.08. The normalized spacial score (nSPS) is 27.0. The average molecular weight is 234 g/mol. The Kier molecular flexibility index (Phi) is 3.06. The van der Waals surface area contributed by atoms with Gasteiger partial charge in [0, 0.05) is 20.3 Å². The molecule has 0 radical (unpaired) electrons. The second kappa shape index (κ2) is 3.70. The quantitative estimate of drug-likeness (QED) is 0.575. The Morgan fingerprint density at radius 1 is 1.50 bits per heavy atom. The summed E-state index contributed by atoms with van der Waals surface area (Å²) in [5.74, 6) is -0.782. The Balaban J connectivity index is 2.92. The Labute approximate surface area is 80.3 Å². The molecule has 0 amide bonds. The maximum Gasteiger partial charge on any atom is 0.221 e. The van der Waals surface area contributed by atoms with Crippen LogP contribution in [0.25, 0.3) is 0 Å². The van der Waals surface area contributed by atoms with Crippen molar-refractivity contribution in [2.24, 2.45) is 5.73 Å². The lowest BCUT2D eigenvalue weighted by Crippen LogP contribution is -2.36. The van der Waals surface area contributed by atoms with Crippen LogP contribution in [-0.2, 0) is 9.47 Å². The third-order valence-electron chi connectivity index (χ3n) is 1.82. The fourth-order valence-corrected chi connectivity index (χ4v) is 1.83. The summed E-state index contributed by atoms with van der Waals surface area (Å²) in [5, 5.41) is 0. The van der Waals surface area contributed by atoms with Gasteiger partial charge in [-0.1, -0.05) is 6.08 Å². The van der Waals surface area contributed by atoms with Crippen LogP contribution in [0.2, 0.25) is 0 Å². The molecule has 1 aliphatic carbocycles. The molecule has 1 aliphatic rings. The summed E-state index contributed by atoms with van der Waals surface area (Å²) >= 11 is 3.35. The van der Waals surface area contributed by atoms with E-state index in [0.717, 1.165) is 4.48 Å².